The Morgan fingerprint density at radius 3 is 2.61 bits per heavy atom. The van der Waals surface area contributed by atoms with E-state index in [9.17, 15) is 4.79 Å². The van der Waals surface area contributed by atoms with Crippen LogP contribution in [-0.4, -0.2) is 12.5 Å². The van der Waals surface area contributed by atoms with Crippen LogP contribution in [0.15, 0.2) is 24.3 Å². The van der Waals surface area contributed by atoms with Crippen molar-refractivity contribution in [1.29, 1.82) is 0 Å². The van der Waals surface area contributed by atoms with Crippen LogP contribution in [0.2, 0.25) is 0 Å². The van der Waals surface area contributed by atoms with Crippen molar-refractivity contribution in [3.8, 4) is 0 Å². The molecule has 3 heteroatoms. The summed E-state index contributed by atoms with van der Waals surface area (Å²) in [6, 6.07) is 7.54. The number of benzene rings is 1. The van der Waals surface area contributed by atoms with E-state index < -0.39 is 0 Å². The molecule has 2 rings (SSSR count). The monoisotopic (exact) mass is 246 g/mol. The zero-order valence-electron chi connectivity index (χ0n) is 11.2. The van der Waals surface area contributed by atoms with Gasteiger partial charge in [0.05, 0.1) is 6.42 Å². The standard InChI is InChI=1S/C15H22N2O/c1-11(2)15(7-8-15)10-17-14(18)9-12-5-3-4-6-13(12)16/h3-6,11H,7-10,16H2,1-2H3,(H,17,18). The predicted octanol–water partition coefficient (Wildman–Crippen LogP) is 2.36. The molecule has 1 aromatic rings. The Labute approximate surface area is 109 Å². The molecule has 0 spiro atoms. The fraction of sp³-hybridized carbons (Fsp3) is 0.533. The maximum absolute atomic E-state index is 11.9. The van der Waals surface area contributed by atoms with Gasteiger partial charge in [0, 0.05) is 12.2 Å². The van der Waals surface area contributed by atoms with Gasteiger partial charge < -0.3 is 11.1 Å². The van der Waals surface area contributed by atoms with E-state index in [1.54, 1.807) is 0 Å². The highest BCUT2D eigenvalue weighted by molar-refractivity contribution is 5.80. The average Bonchev–Trinajstić information content (AvgIpc) is 3.11. The molecule has 98 valence electrons. The SMILES string of the molecule is CC(C)C1(CNC(=O)Cc2ccccc2N)CC1. The molecular weight excluding hydrogens is 224 g/mol. The lowest BCUT2D eigenvalue weighted by Crippen LogP contribution is -2.33. The van der Waals surface area contributed by atoms with Gasteiger partial charge in [-0.15, -0.1) is 0 Å². The quantitative estimate of drug-likeness (QED) is 0.784. The van der Waals surface area contributed by atoms with Gasteiger partial charge in [0.25, 0.3) is 0 Å². The average molecular weight is 246 g/mol. The van der Waals surface area contributed by atoms with Crippen molar-refractivity contribution in [2.24, 2.45) is 11.3 Å². The largest absolute Gasteiger partial charge is 0.398 e. The van der Waals surface area contributed by atoms with Gasteiger partial charge in [-0.3, -0.25) is 4.79 Å². The summed E-state index contributed by atoms with van der Waals surface area (Å²) in [5, 5.41) is 3.05. The van der Waals surface area contributed by atoms with Gasteiger partial charge in [0.2, 0.25) is 5.91 Å². The Bertz CT molecular complexity index is 436. The fourth-order valence-electron chi connectivity index (χ4n) is 2.32. The predicted molar refractivity (Wildman–Crippen MR) is 74.1 cm³/mol. The van der Waals surface area contributed by atoms with Gasteiger partial charge in [0.15, 0.2) is 0 Å². The Morgan fingerprint density at radius 1 is 1.39 bits per heavy atom. The lowest BCUT2D eigenvalue weighted by Gasteiger charge is -2.20. The molecule has 0 saturated heterocycles. The van der Waals surface area contributed by atoms with Crippen LogP contribution in [0.4, 0.5) is 5.69 Å². The van der Waals surface area contributed by atoms with Crippen LogP contribution in [0, 0.1) is 11.3 Å². The number of rotatable bonds is 5. The second kappa shape index (κ2) is 5.01. The molecule has 0 atom stereocenters. The summed E-state index contributed by atoms with van der Waals surface area (Å²) in [7, 11) is 0. The third-order valence-electron chi connectivity index (χ3n) is 4.16. The second-order valence-corrected chi connectivity index (χ2v) is 5.67. The molecular formula is C15H22N2O. The number of nitrogens with two attached hydrogens (primary N) is 1. The second-order valence-electron chi connectivity index (χ2n) is 5.67. The minimum Gasteiger partial charge on any atom is -0.398 e. The van der Waals surface area contributed by atoms with E-state index in [4.69, 9.17) is 5.73 Å². The molecule has 1 saturated carbocycles. The molecule has 3 nitrogen and oxygen atoms in total. The van der Waals surface area contributed by atoms with Crippen LogP contribution < -0.4 is 11.1 Å². The molecule has 0 aliphatic heterocycles. The van der Waals surface area contributed by atoms with Gasteiger partial charge >= 0.3 is 0 Å². The smallest absolute Gasteiger partial charge is 0.224 e. The maximum Gasteiger partial charge on any atom is 0.224 e. The molecule has 3 N–H and O–H groups in total. The number of carbonyl (C=O) groups is 1. The van der Waals surface area contributed by atoms with Crippen LogP contribution in [0.25, 0.3) is 0 Å². The van der Waals surface area contributed by atoms with E-state index in [1.165, 1.54) is 12.8 Å². The summed E-state index contributed by atoms with van der Waals surface area (Å²) in [5.41, 5.74) is 7.79. The zero-order chi connectivity index (χ0) is 13.2. The Balaban J connectivity index is 1.85. The molecule has 1 aliphatic rings. The number of para-hydroxylation sites is 1. The molecule has 0 bridgehead atoms. The summed E-state index contributed by atoms with van der Waals surface area (Å²) >= 11 is 0. The fourth-order valence-corrected chi connectivity index (χ4v) is 2.32. The highest BCUT2D eigenvalue weighted by atomic mass is 16.1. The highest BCUT2D eigenvalue weighted by Crippen LogP contribution is 2.51. The molecule has 1 fully saturated rings. The van der Waals surface area contributed by atoms with Crippen LogP contribution in [-0.2, 0) is 11.2 Å². The van der Waals surface area contributed by atoms with Gasteiger partial charge in [-0.05, 0) is 35.8 Å². The van der Waals surface area contributed by atoms with E-state index in [0.717, 1.165) is 12.1 Å². The summed E-state index contributed by atoms with van der Waals surface area (Å²) < 4.78 is 0. The summed E-state index contributed by atoms with van der Waals surface area (Å²) in [4.78, 5) is 11.9. The van der Waals surface area contributed by atoms with Crippen LogP contribution in [0.5, 0.6) is 0 Å². The Hall–Kier alpha value is -1.51. The summed E-state index contributed by atoms with van der Waals surface area (Å²) in [5.74, 6) is 0.708. The van der Waals surface area contributed by atoms with Crippen molar-refractivity contribution in [1.82, 2.24) is 5.32 Å². The Morgan fingerprint density at radius 2 is 2.06 bits per heavy atom. The molecule has 0 aromatic heterocycles. The first-order valence-electron chi connectivity index (χ1n) is 6.63. The van der Waals surface area contributed by atoms with Crippen molar-refractivity contribution >= 4 is 11.6 Å². The van der Waals surface area contributed by atoms with Crippen LogP contribution in [0.3, 0.4) is 0 Å². The van der Waals surface area contributed by atoms with E-state index in [1.807, 2.05) is 24.3 Å². The number of hydrogen-bond donors (Lipinski definition) is 2. The van der Waals surface area contributed by atoms with Crippen molar-refractivity contribution in [3.63, 3.8) is 0 Å². The first-order valence-corrected chi connectivity index (χ1v) is 6.63. The molecule has 1 aliphatic carbocycles. The first kappa shape index (κ1) is 12.9. The molecule has 0 heterocycles. The first-order chi connectivity index (χ1) is 8.53. The third kappa shape index (κ3) is 2.84. The van der Waals surface area contributed by atoms with Crippen molar-refractivity contribution in [3.05, 3.63) is 29.8 Å². The lowest BCUT2D eigenvalue weighted by atomic mass is 9.92. The van der Waals surface area contributed by atoms with E-state index >= 15 is 0 Å². The van der Waals surface area contributed by atoms with Gasteiger partial charge in [0.1, 0.15) is 0 Å². The van der Waals surface area contributed by atoms with E-state index in [-0.39, 0.29) is 5.91 Å². The lowest BCUT2D eigenvalue weighted by molar-refractivity contribution is -0.120. The molecule has 0 radical (unpaired) electrons. The number of hydrogen-bond acceptors (Lipinski definition) is 2. The Kier molecular flexibility index (Phi) is 3.60. The maximum atomic E-state index is 11.9. The zero-order valence-corrected chi connectivity index (χ0v) is 11.2. The molecule has 1 aromatic carbocycles. The number of anilines is 1. The topological polar surface area (TPSA) is 55.1 Å². The van der Waals surface area contributed by atoms with E-state index in [2.05, 4.69) is 19.2 Å². The molecule has 0 unspecified atom stereocenters. The number of amides is 1. The molecule has 18 heavy (non-hydrogen) atoms. The van der Waals surface area contributed by atoms with Crippen molar-refractivity contribution in [2.45, 2.75) is 33.1 Å². The number of nitrogen functional groups attached to an aromatic ring is 1. The van der Waals surface area contributed by atoms with Gasteiger partial charge in [-0.25, -0.2) is 0 Å². The van der Waals surface area contributed by atoms with Crippen molar-refractivity contribution < 1.29 is 4.79 Å². The minimum atomic E-state index is 0.0693. The number of carbonyl (C=O) groups excluding carboxylic acids is 1. The normalized spacial score (nSPS) is 16.6. The number of nitrogens with one attached hydrogen (secondary N) is 1. The van der Waals surface area contributed by atoms with Gasteiger partial charge in [-0.1, -0.05) is 32.0 Å². The van der Waals surface area contributed by atoms with Crippen LogP contribution >= 0.6 is 0 Å². The highest BCUT2D eigenvalue weighted by Gasteiger charge is 2.45. The van der Waals surface area contributed by atoms with Gasteiger partial charge in [-0.2, -0.15) is 0 Å². The summed E-state index contributed by atoms with van der Waals surface area (Å²) in [6.07, 6.45) is 2.84. The van der Waals surface area contributed by atoms with E-state index in [0.29, 0.717) is 23.4 Å². The van der Waals surface area contributed by atoms with Crippen LogP contribution in [0.1, 0.15) is 32.3 Å². The van der Waals surface area contributed by atoms with Crippen molar-refractivity contribution in [2.75, 3.05) is 12.3 Å². The summed E-state index contributed by atoms with van der Waals surface area (Å²) in [6.45, 7) is 5.26. The minimum absolute atomic E-state index is 0.0693. The third-order valence-corrected chi connectivity index (χ3v) is 4.16. The molecule has 1 amide bonds.